The Labute approximate surface area is 217 Å². The van der Waals surface area contributed by atoms with Crippen molar-refractivity contribution >= 4 is 39.3 Å². The summed E-state index contributed by atoms with van der Waals surface area (Å²) in [7, 11) is 0. The van der Waals surface area contributed by atoms with Gasteiger partial charge < -0.3 is 18.5 Å². The lowest BCUT2D eigenvalue weighted by atomic mass is 10.1. The maximum absolute atomic E-state index is 6.15. The monoisotopic (exact) mass is 493 g/mol. The van der Waals surface area contributed by atoms with Crippen LogP contribution in [0.15, 0.2) is 124 Å². The van der Waals surface area contributed by atoms with Gasteiger partial charge in [0, 0.05) is 28.9 Å². The van der Waals surface area contributed by atoms with E-state index in [4.69, 9.17) is 18.6 Å². The van der Waals surface area contributed by atoms with Gasteiger partial charge in [-0.3, -0.25) is 0 Å². The predicted octanol–water partition coefficient (Wildman–Crippen LogP) is 8.88. The SMILES string of the molecule is c1ccc(-c2nc3cc4oc(-c5ccc(N6c7ccccc7Oc7ccccc76)cc5)nc4cc3o2)cc1. The first-order chi connectivity index (χ1) is 18.8. The number of hydrogen-bond acceptors (Lipinski definition) is 6. The van der Waals surface area contributed by atoms with E-state index in [1.54, 1.807) is 0 Å². The molecule has 0 amide bonds. The Bertz CT molecular complexity index is 1860. The van der Waals surface area contributed by atoms with Crippen LogP contribution < -0.4 is 9.64 Å². The van der Waals surface area contributed by atoms with Crippen LogP contribution in [0.1, 0.15) is 0 Å². The Kier molecular flexibility index (Phi) is 4.42. The van der Waals surface area contributed by atoms with Crippen molar-refractivity contribution in [1.82, 2.24) is 9.97 Å². The van der Waals surface area contributed by atoms with E-state index in [9.17, 15) is 0 Å². The van der Waals surface area contributed by atoms with E-state index in [0.717, 1.165) is 50.7 Å². The largest absolute Gasteiger partial charge is 0.453 e. The standard InChI is InChI=1S/C32H19N3O3/c1-2-8-20(9-3-1)31-33-23-18-30-24(19-29(23)37-31)34-32(38-30)21-14-16-22(17-15-21)35-25-10-4-6-12-27(25)36-28-13-7-5-11-26(28)35/h1-19H. The van der Waals surface area contributed by atoms with Gasteiger partial charge in [0.25, 0.3) is 0 Å². The number of ether oxygens (including phenoxy) is 1. The van der Waals surface area contributed by atoms with Gasteiger partial charge in [0.05, 0.1) is 11.4 Å². The van der Waals surface area contributed by atoms with Crippen LogP contribution >= 0.6 is 0 Å². The van der Waals surface area contributed by atoms with Crippen molar-refractivity contribution < 1.29 is 13.6 Å². The molecule has 3 heterocycles. The summed E-state index contributed by atoms with van der Waals surface area (Å²) in [5.41, 5.74) is 7.62. The Morgan fingerprint density at radius 3 is 1.58 bits per heavy atom. The van der Waals surface area contributed by atoms with Crippen LogP contribution in [-0.2, 0) is 0 Å². The second kappa shape index (κ2) is 8.08. The molecule has 1 aliphatic rings. The number of aromatic nitrogens is 2. The Hall–Kier alpha value is -5.36. The minimum absolute atomic E-state index is 0.547. The van der Waals surface area contributed by atoms with Crippen molar-refractivity contribution in [2.45, 2.75) is 0 Å². The molecule has 0 saturated carbocycles. The van der Waals surface area contributed by atoms with Crippen LogP contribution in [-0.4, -0.2) is 9.97 Å². The molecule has 5 aromatic carbocycles. The van der Waals surface area contributed by atoms with Crippen LogP contribution in [0, 0.1) is 0 Å². The third-order valence-corrected chi connectivity index (χ3v) is 6.72. The number of oxazole rings is 2. The molecule has 0 unspecified atom stereocenters. The van der Waals surface area contributed by atoms with Crippen molar-refractivity contribution in [3.8, 4) is 34.4 Å². The second-order valence-electron chi connectivity index (χ2n) is 9.11. The number of fused-ring (bicyclic) bond motifs is 4. The summed E-state index contributed by atoms with van der Waals surface area (Å²) in [5.74, 6) is 2.77. The van der Waals surface area contributed by atoms with Crippen molar-refractivity contribution in [2.75, 3.05) is 4.90 Å². The van der Waals surface area contributed by atoms with E-state index >= 15 is 0 Å². The molecule has 0 fully saturated rings. The highest BCUT2D eigenvalue weighted by Gasteiger charge is 2.25. The number of para-hydroxylation sites is 4. The van der Waals surface area contributed by atoms with E-state index in [1.807, 2.05) is 91.0 Å². The van der Waals surface area contributed by atoms with Gasteiger partial charge in [-0.2, -0.15) is 0 Å². The summed E-state index contributed by atoms with van der Waals surface area (Å²) < 4.78 is 18.3. The minimum atomic E-state index is 0.547. The van der Waals surface area contributed by atoms with Gasteiger partial charge in [0.15, 0.2) is 22.7 Å². The molecule has 7 aromatic rings. The molecule has 6 heteroatoms. The van der Waals surface area contributed by atoms with E-state index < -0.39 is 0 Å². The molecule has 0 bridgehead atoms. The zero-order valence-electron chi connectivity index (χ0n) is 20.0. The fourth-order valence-corrected chi connectivity index (χ4v) is 4.91. The smallest absolute Gasteiger partial charge is 0.227 e. The molecular weight excluding hydrogens is 474 g/mol. The maximum atomic E-state index is 6.15. The second-order valence-corrected chi connectivity index (χ2v) is 9.11. The Balaban J connectivity index is 1.16. The summed E-state index contributed by atoms with van der Waals surface area (Å²) in [5, 5.41) is 0. The van der Waals surface area contributed by atoms with Gasteiger partial charge in [-0.25, -0.2) is 9.97 Å². The van der Waals surface area contributed by atoms with Crippen molar-refractivity contribution in [3.05, 3.63) is 115 Å². The normalized spacial score (nSPS) is 12.4. The average Bonchev–Trinajstić information content (AvgIpc) is 3.58. The van der Waals surface area contributed by atoms with Gasteiger partial charge >= 0.3 is 0 Å². The van der Waals surface area contributed by atoms with Gasteiger partial charge in [-0.1, -0.05) is 42.5 Å². The summed E-state index contributed by atoms with van der Waals surface area (Å²) in [6.45, 7) is 0. The highest BCUT2D eigenvalue weighted by atomic mass is 16.5. The van der Waals surface area contributed by atoms with Crippen molar-refractivity contribution in [3.63, 3.8) is 0 Å². The molecule has 0 atom stereocenters. The molecule has 0 aliphatic carbocycles. The third-order valence-electron chi connectivity index (χ3n) is 6.72. The highest BCUT2D eigenvalue weighted by molar-refractivity contribution is 5.91. The van der Waals surface area contributed by atoms with Crippen LogP contribution in [0.25, 0.3) is 45.1 Å². The minimum Gasteiger partial charge on any atom is -0.453 e. The molecule has 0 N–H and O–H groups in total. The molecule has 2 aromatic heterocycles. The third kappa shape index (κ3) is 3.28. The summed E-state index contributed by atoms with van der Waals surface area (Å²) in [6, 6.07) is 37.9. The zero-order chi connectivity index (χ0) is 25.1. The van der Waals surface area contributed by atoms with Gasteiger partial charge in [-0.15, -0.1) is 0 Å². The lowest BCUT2D eigenvalue weighted by Gasteiger charge is -2.32. The molecule has 0 saturated heterocycles. The van der Waals surface area contributed by atoms with E-state index in [2.05, 4.69) is 34.1 Å². The molecule has 38 heavy (non-hydrogen) atoms. The van der Waals surface area contributed by atoms with Crippen molar-refractivity contribution in [2.24, 2.45) is 0 Å². The molecule has 0 spiro atoms. The fraction of sp³-hybridized carbons (Fsp3) is 0. The molecule has 0 radical (unpaired) electrons. The van der Waals surface area contributed by atoms with Crippen LogP contribution in [0.5, 0.6) is 11.5 Å². The number of benzene rings is 5. The molecule has 8 rings (SSSR count). The molecule has 1 aliphatic heterocycles. The fourth-order valence-electron chi connectivity index (χ4n) is 4.91. The average molecular weight is 494 g/mol. The number of rotatable bonds is 3. The number of hydrogen-bond donors (Lipinski definition) is 0. The van der Waals surface area contributed by atoms with E-state index in [1.165, 1.54) is 0 Å². The van der Waals surface area contributed by atoms with Gasteiger partial charge in [0.2, 0.25) is 11.8 Å². The van der Waals surface area contributed by atoms with Crippen molar-refractivity contribution in [1.29, 1.82) is 0 Å². The Morgan fingerprint density at radius 2 is 1.00 bits per heavy atom. The maximum Gasteiger partial charge on any atom is 0.227 e. The summed E-state index contributed by atoms with van der Waals surface area (Å²) >= 11 is 0. The Morgan fingerprint density at radius 1 is 0.500 bits per heavy atom. The molecular formula is C32H19N3O3. The summed E-state index contributed by atoms with van der Waals surface area (Å²) in [6.07, 6.45) is 0. The first-order valence-electron chi connectivity index (χ1n) is 12.3. The van der Waals surface area contributed by atoms with Crippen LogP contribution in [0.3, 0.4) is 0 Å². The van der Waals surface area contributed by atoms with E-state index in [0.29, 0.717) is 22.9 Å². The van der Waals surface area contributed by atoms with Crippen LogP contribution in [0.4, 0.5) is 17.1 Å². The predicted molar refractivity (Wildman–Crippen MR) is 147 cm³/mol. The quantitative estimate of drug-likeness (QED) is 0.245. The number of nitrogens with zero attached hydrogens (tertiary/aromatic N) is 3. The lowest BCUT2D eigenvalue weighted by molar-refractivity contribution is 0.477. The highest BCUT2D eigenvalue weighted by Crippen LogP contribution is 2.50. The first-order valence-corrected chi connectivity index (χ1v) is 12.3. The van der Waals surface area contributed by atoms with Gasteiger partial charge in [0.1, 0.15) is 11.0 Å². The zero-order valence-corrected chi connectivity index (χ0v) is 20.0. The topological polar surface area (TPSA) is 64.5 Å². The van der Waals surface area contributed by atoms with E-state index in [-0.39, 0.29) is 0 Å². The van der Waals surface area contributed by atoms with Crippen LogP contribution in [0.2, 0.25) is 0 Å². The molecule has 180 valence electrons. The molecule has 6 nitrogen and oxygen atoms in total. The number of anilines is 3. The van der Waals surface area contributed by atoms with Gasteiger partial charge in [-0.05, 0) is 60.7 Å². The summed E-state index contributed by atoms with van der Waals surface area (Å²) in [4.78, 5) is 11.6. The lowest BCUT2D eigenvalue weighted by Crippen LogP contribution is -2.15. The first kappa shape index (κ1) is 20.8.